The lowest BCUT2D eigenvalue weighted by Gasteiger charge is -2.10. The highest BCUT2D eigenvalue weighted by Gasteiger charge is 2.03. The van der Waals surface area contributed by atoms with Crippen molar-refractivity contribution in [2.24, 2.45) is 10.7 Å². The van der Waals surface area contributed by atoms with Crippen LogP contribution in [0.1, 0.15) is 50.7 Å². The molecule has 27 heavy (non-hydrogen) atoms. The summed E-state index contributed by atoms with van der Waals surface area (Å²) in [7, 11) is 0. The van der Waals surface area contributed by atoms with Crippen LogP contribution in [0.3, 0.4) is 0 Å². The van der Waals surface area contributed by atoms with E-state index in [-0.39, 0.29) is 29.9 Å². The highest BCUT2D eigenvalue weighted by atomic mass is 127. The monoisotopic (exact) mass is 480 g/mol. The molecular formula is C21H29IN4O. The van der Waals surface area contributed by atoms with E-state index < -0.39 is 0 Å². The summed E-state index contributed by atoms with van der Waals surface area (Å²) in [6.07, 6.45) is 1.35. The first-order valence-electron chi connectivity index (χ1n) is 9.03. The van der Waals surface area contributed by atoms with Crippen molar-refractivity contribution in [1.29, 1.82) is 0 Å². The molecule has 0 aliphatic carbocycles. The number of aliphatic imine (C=N–C) groups is 1. The van der Waals surface area contributed by atoms with Gasteiger partial charge in [0.25, 0.3) is 0 Å². The normalized spacial score (nSPS) is 11.0. The molecule has 1 amide bonds. The Morgan fingerprint density at radius 3 is 2.41 bits per heavy atom. The number of halogens is 1. The molecular weight excluding hydrogens is 451 g/mol. The summed E-state index contributed by atoms with van der Waals surface area (Å²) >= 11 is 0. The van der Waals surface area contributed by atoms with Crippen LogP contribution < -0.4 is 16.4 Å². The van der Waals surface area contributed by atoms with Crippen LogP contribution in [0.25, 0.3) is 0 Å². The van der Waals surface area contributed by atoms with Crippen LogP contribution in [-0.2, 0) is 11.3 Å². The Kier molecular flexibility index (Phi) is 9.85. The number of nitrogens with one attached hydrogen (secondary N) is 2. The number of carbonyl (C=O) groups excluding carboxylic acids is 1. The smallest absolute Gasteiger partial charge is 0.224 e. The molecule has 0 bridgehead atoms. The summed E-state index contributed by atoms with van der Waals surface area (Å²) in [5, 5.41) is 6.02. The minimum Gasteiger partial charge on any atom is -0.370 e. The molecule has 0 aliphatic rings. The number of rotatable bonds is 7. The Labute approximate surface area is 178 Å². The van der Waals surface area contributed by atoms with Gasteiger partial charge in [0.1, 0.15) is 0 Å². The summed E-state index contributed by atoms with van der Waals surface area (Å²) in [5.41, 5.74) is 9.96. The Bertz CT molecular complexity index is 774. The fraction of sp³-hybridized carbons (Fsp3) is 0.333. The lowest BCUT2D eigenvalue weighted by Crippen LogP contribution is -2.22. The third-order valence-electron chi connectivity index (χ3n) is 3.95. The zero-order valence-corrected chi connectivity index (χ0v) is 18.5. The van der Waals surface area contributed by atoms with Crippen molar-refractivity contribution in [1.82, 2.24) is 0 Å². The number of hydrogen-bond donors (Lipinski definition) is 3. The molecule has 5 nitrogen and oxygen atoms in total. The lowest BCUT2D eigenvalue weighted by atomic mass is 10.0. The molecule has 4 N–H and O–H groups in total. The summed E-state index contributed by atoms with van der Waals surface area (Å²) in [4.78, 5) is 16.1. The molecule has 0 aliphatic heterocycles. The molecule has 0 aromatic heterocycles. The largest absolute Gasteiger partial charge is 0.370 e. The van der Waals surface area contributed by atoms with Crippen LogP contribution >= 0.6 is 24.0 Å². The summed E-state index contributed by atoms with van der Waals surface area (Å²) < 4.78 is 0. The number of guanidine groups is 1. The van der Waals surface area contributed by atoms with E-state index in [0.717, 1.165) is 23.4 Å². The molecule has 2 aromatic carbocycles. The fourth-order valence-corrected chi connectivity index (χ4v) is 2.54. The second kappa shape index (κ2) is 11.6. The molecule has 0 fully saturated rings. The van der Waals surface area contributed by atoms with E-state index in [1.54, 1.807) is 0 Å². The van der Waals surface area contributed by atoms with Gasteiger partial charge in [-0.15, -0.1) is 24.0 Å². The number of nitrogens with two attached hydrogens (primary N) is 1. The van der Waals surface area contributed by atoms with Gasteiger partial charge < -0.3 is 16.4 Å². The van der Waals surface area contributed by atoms with E-state index in [9.17, 15) is 4.79 Å². The Morgan fingerprint density at radius 1 is 1.07 bits per heavy atom. The quantitative estimate of drug-likeness (QED) is 0.293. The topological polar surface area (TPSA) is 79.5 Å². The zero-order valence-electron chi connectivity index (χ0n) is 16.2. The average molecular weight is 480 g/mol. The maximum absolute atomic E-state index is 11.7. The number of carbonyl (C=O) groups is 1. The van der Waals surface area contributed by atoms with Gasteiger partial charge in [0, 0.05) is 17.8 Å². The highest BCUT2D eigenvalue weighted by Crippen LogP contribution is 2.18. The predicted molar refractivity (Wildman–Crippen MR) is 125 cm³/mol. The van der Waals surface area contributed by atoms with E-state index in [1.165, 1.54) is 5.56 Å². The molecule has 0 radical (unpaired) electrons. The van der Waals surface area contributed by atoms with E-state index in [0.29, 0.717) is 24.8 Å². The maximum Gasteiger partial charge on any atom is 0.224 e. The summed E-state index contributed by atoms with van der Waals surface area (Å²) in [5.74, 6) is 0.853. The number of amides is 1. The second-order valence-corrected chi connectivity index (χ2v) is 6.61. The third kappa shape index (κ3) is 7.99. The number of benzene rings is 2. The minimum absolute atomic E-state index is 0. The van der Waals surface area contributed by atoms with E-state index in [4.69, 9.17) is 5.73 Å². The van der Waals surface area contributed by atoms with E-state index in [2.05, 4.69) is 41.6 Å². The van der Waals surface area contributed by atoms with Crippen LogP contribution in [0.5, 0.6) is 0 Å². The minimum atomic E-state index is 0. The molecule has 0 saturated carbocycles. The van der Waals surface area contributed by atoms with Crippen molar-refractivity contribution in [2.45, 2.75) is 46.1 Å². The molecule has 0 atom stereocenters. The first kappa shape index (κ1) is 23.0. The van der Waals surface area contributed by atoms with Crippen molar-refractivity contribution < 1.29 is 4.79 Å². The van der Waals surface area contributed by atoms with Crippen LogP contribution in [0.2, 0.25) is 0 Å². The molecule has 2 rings (SSSR count). The van der Waals surface area contributed by atoms with Crippen molar-refractivity contribution in [3.8, 4) is 0 Å². The van der Waals surface area contributed by atoms with Crippen LogP contribution in [-0.4, -0.2) is 11.9 Å². The zero-order chi connectivity index (χ0) is 18.9. The van der Waals surface area contributed by atoms with Crippen molar-refractivity contribution >= 4 is 47.2 Å². The van der Waals surface area contributed by atoms with Crippen LogP contribution in [0, 0.1) is 0 Å². The summed E-state index contributed by atoms with van der Waals surface area (Å²) in [6, 6.07) is 15.8. The van der Waals surface area contributed by atoms with Gasteiger partial charge >= 0.3 is 0 Å². The fourth-order valence-electron chi connectivity index (χ4n) is 2.54. The van der Waals surface area contributed by atoms with Gasteiger partial charge in [-0.2, -0.15) is 0 Å². The molecule has 146 valence electrons. The molecule has 0 heterocycles. The lowest BCUT2D eigenvalue weighted by molar-refractivity contribution is -0.116. The van der Waals surface area contributed by atoms with E-state index in [1.807, 2.05) is 43.3 Å². The van der Waals surface area contributed by atoms with Gasteiger partial charge in [0.2, 0.25) is 5.91 Å². The average Bonchev–Trinajstić information content (AvgIpc) is 2.61. The van der Waals surface area contributed by atoms with Gasteiger partial charge in [0.05, 0.1) is 6.54 Å². The van der Waals surface area contributed by atoms with Gasteiger partial charge in [0.15, 0.2) is 5.96 Å². The van der Waals surface area contributed by atoms with Gasteiger partial charge in [-0.3, -0.25) is 4.79 Å². The Hall–Kier alpha value is -2.09. The van der Waals surface area contributed by atoms with E-state index >= 15 is 0 Å². The SMILES string of the molecule is CCCC(=O)Nc1cccc(CN=C(N)Nc2cccc(C(C)C)c2)c1.I. The first-order chi connectivity index (χ1) is 12.5. The molecule has 0 saturated heterocycles. The van der Waals surface area contributed by atoms with Crippen molar-refractivity contribution in [3.05, 3.63) is 59.7 Å². The number of hydrogen-bond acceptors (Lipinski definition) is 2. The van der Waals surface area contributed by atoms with Crippen molar-refractivity contribution in [2.75, 3.05) is 10.6 Å². The summed E-state index contributed by atoms with van der Waals surface area (Å²) in [6.45, 7) is 6.74. The third-order valence-corrected chi connectivity index (χ3v) is 3.95. The molecule has 0 spiro atoms. The van der Waals surface area contributed by atoms with Crippen LogP contribution in [0.15, 0.2) is 53.5 Å². The van der Waals surface area contributed by atoms with Gasteiger partial charge in [-0.1, -0.05) is 45.0 Å². The number of nitrogens with zero attached hydrogens (tertiary/aromatic N) is 1. The Morgan fingerprint density at radius 2 is 1.74 bits per heavy atom. The predicted octanol–water partition coefficient (Wildman–Crippen LogP) is 5.09. The molecule has 6 heteroatoms. The highest BCUT2D eigenvalue weighted by molar-refractivity contribution is 14.0. The second-order valence-electron chi connectivity index (χ2n) is 6.61. The first-order valence-corrected chi connectivity index (χ1v) is 9.03. The molecule has 2 aromatic rings. The van der Waals surface area contributed by atoms with Crippen molar-refractivity contribution in [3.63, 3.8) is 0 Å². The van der Waals surface area contributed by atoms with Crippen LogP contribution in [0.4, 0.5) is 11.4 Å². The number of anilines is 2. The standard InChI is InChI=1S/C21H28N4O.HI/c1-4-7-20(26)24-18-10-5-8-16(12-18)14-23-21(22)25-19-11-6-9-17(13-19)15(2)3;/h5-6,8-13,15H,4,7,14H2,1-3H3,(H,24,26)(H3,22,23,25);1H. The van der Waals surface area contributed by atoms with Gasteiger partial charge in [-0.05, 0) is 47.7 Å². The Balaban J connectivity index is 0.00000364. The molecule has 0 unspecified atom stereocenters. The van der Waals surface area contributed by atoms with Gasteiger partial charge in [-0.25, -0.2) is 4.99 Å². The maximum atomic E-state index is 11.7.